The Morgan fingerprint density at radius 2 is 1.67 bits per heavy atom. The molecule has 174 valence electrons. The number of thiophene rings is 1. The molecule has 0 saturated heterocycles. The topological polar surface area (TPSA) is 87.7 Å². The van der Waals surface area contributed by atoms with Crippen LogP contribution in [0.25, 0.3) is 0 Å². The number of ether oxygens (including phenoxy) is 1. The first-order valence-electron chi connectivity index (χ1n) is 8.85. The third-order valence-corrected chi connectivity index (χ3v) is 5.91. The maximum absolute atomic E-state index is 12.7. The van der Waals surface area contributed by atoms with Crippen molar-refractivity contribution in [1.82, 2.24) is 5.32 Å². The number of alkyl halides is 3. The largest absolute Gasteiger partial charge is 0.573 e. The fourth-order valence-electron chi connectivity index (χ4n) is 2.64. The number of hydrogen-bond acceptors (Lipinski definition) is 5. The first-order chi connectivity index (χ1) is 15.4. The van der Waals surface area contributed by atoms with Crippen LogP contribution >= 0.6 is 46.1 Å². The number of hydrogen-bond donors (Lipinski definition) is 3. The number of phenols is 1. The Morgan fingerprint density at radius 1 is 1.03 bits per heavy atom. The van der Waals surface area contributed by atoms with E-state index in [2.05, 4.69) is 15.4 Å². The molecule has 3 rings (SSSR count). The summed E-state index contributed by atoms with van der Waals surface area (Å²) in [5.74, 6) is -2.22. The van der Waals surface area contributed by atoms with Crippen molar-refractivity contribution in [3.8, 4) is 11.5 Å². The molecule has 13 heteroatoms. The Labute approximate surface area is 203 Å². The van der Waals surface area contributed by atoms with E-state index in [0.717, 1.165) is 17.4 Å². The van der Waals surface area contributed by atoms with Gasteiger partial charge in [0, 0.05) is 17.7 Å². The van der Waals surface area contributed by atoms with Crippen LogP contribution in [-0.4, -0.2) is 23.3 Å². The van der Waals surface area contributed by atoms with Crippen molar-refractivity contribution in [3.63, 3.8) is 0 Å². The van der Waals surface area contributed by atoms with Gasteiger partial charge < -0.3 is 20.5 Å². The minimum Gasteiger partial charge on any atom is -0.505 e. The van der Waals surface area contributed by atoms with Crippen LogP contribution in [0.4, 0.5) is 18.9 Å². The summed E-state index contributed by atoms with van der Waals surface area (Å²) >= 11 is 18.5. The van der Waals surface area contributed by atoms with Gasteiger partial charge in [-0.25, -0.2) is 0 Å². The molecule has 33 heavy (non-hydrogen) atoms. The zero-order chi connectivity index (χ0) is 24.3. The molecule has 0 radical (unpaired) electrons. The lowest BCUT2D eigenvalue weighted by molar-refractivity contribution is -0.274. The van der Waals surface area contributed by atoms with Crippen LogP contribution in [0.2, 0.25) is 14.4 Å². The number of phenolic OH excluding ortho intramolecular Hbond substituents is 1. The lowest BCUT2D eigenvalue weighted by atomic mass is 10.2. The summed E-state index contributed by atoms with van der Waals surface area (Å²) in [6, 6.07) is 9.05. The molecule has 0 aliphatic rings. The maximum atomic E-state index is 12.7. The van der Waals surface area contributed by atoms with Gasteiger partial charge in [-0.1, -0.05) is 53.0 Å². The second-order valence-corrected chi connectivity index (χ2v) is 8.87. The highest BCUT2D eigenvalue weighted by atomic mass is 35.5. The highest BCUT2D eigenvalue weighted by Crippen LogP contribution is 2.35. The number of carbonyl (C=O) groups excluding carboxylic acids is 2. The summed E-state index contributed by atoms with van der Waals surface area (Å²) in [6.45, 7) is -0.281. The van der Waals surface area contributed by atoms with Gasteiger partial charge in [0.05, 0.1) is 20.1 Å². The van der Waals surface area contributed by atoms with Crippen LogP contribution < -0.4 is 15.4 Å². The molecule has 1 aromatic heterocycles. The van der Waals surface area contributed by atoms with E-state index in [-0.39, 0.29) is 48.4 Å². The molecule has 1 heterocycles. The summed E-state index contributed by atoms with van der Waals surface area (Å²) < 4.78 is 41.9. The van der Waals surface area contributed by atoms with E-state index in [9.17, 15) is 27.9 Å². The number of amides is 2. The van der Waals surface area contributed by atoms with Crippen molar-refractivity contribution in [2.75, 3.05) is 5.32 Å². The fourth-order valence-corrected chi connectivity index (χ4v) is 4.23. The van der Waals surface area contributed by atoms with Crippen molar-refractivity contribution in [1.29, 1.82) is 0 Å². The summed E-state index contributed by atoms with van der Waals surface area (Å²) in [5, 5.41) is 14.3. The van der Waals surface area contributed by atoms with Crippen molar-refractivity contribution in [2.45, 2.75) is 12.9 Å². The van der Waals surface area contributed by atoms with E-state index < -0.39 is 23.9 Å². The predicted octanol–water partition coefficient (Wildman–Crippen LogP) is 6.49. The fraction of sp³-hybridized carbons (Fsp3) is 0.100. The number of carbonyl (C=O) groups is 2. The molecule has 2 aromatic carbocycles. The normalized spacial score (nSPS) is 11.2. The average Bonchev–Trinajstić information content (AvgIpc) is 3.09. The molecule has 2 amide bonds. The highest BCUT2D eigenvalue weighted by Gasteiger charge is 2.32. The van der Waals surface area contributed by atoms with E-state index in [4.69, 9.17) is 34.8 Å². The van der Waals surface area contributed by atoms with Gasteiger partial charge in [-0.15, -0.1) is 24.5 Å². The molecule has 0 atom stereocenters. The van der Waals surface area contributed by atoms with E-state index >= 15 is 0 Å². The van der Waals surface area contributed by atoms with Crippen molar-refractivity contribution < 1.29 is 32.6 Å². The summed E-state index contributed by atoms with van der Waals surface area (Å²) in [4.78, 5) is 25.3. The standard InChI is InChI=1S/C20H12Cl3F3N2O4S/c21-11-5-10(6-12(22)16(11)29)18(30)28-13-7-15(23)33-17(13)19(31)27-8-9-3-1-2-4-14(9)32-20(24,25)26/h1-7,29H,8H2,(H,27,31)(H,28,30). The second-order valence-electron chi connectivity index (χ2n) is 6.37. The molecule has 0 aliphatic heterocycles. The number of aromatic hydroxyl groups is 1. The molecule has 3 N–H and O–H groups in total. The zero-order valence-electron chi connectivity index (χ0n) is 16.1. The molecule has 0 spiro atoms. The van der Waals surface area contributed by atoms with Gasteiger partial charge in [-0.2, -0.15) is 0 Å². The van der Waals surface area contributed by atoms with Gasteiger partial charge in [0.1, 0.15) is 10.6 Å². The SMILES string of the molecule is O=C(Nc1cc(Cl)sc1C(=O)NCc1ccccc1OC(F)(F)F)c1cc(Cl)c(O)c(Cl)c1. The van der Waals surface area contributed by atoms with Gasteiger partial charge >= 0.3 is 6.36 Å². The first-order valence-corrected chi connectivity index (χ1v) is 10.8. The molecular formula is C20H12Cl3F3N2O4S. The van der Waals surface area contributed by atoms with Gasteiger partial charge in [0.25, 0.3) is 11.8 Å². The minimum atomic E-state index is -4.89. The second kappa shape index (κ2) is 10.1. The van der Waals surface area contributed by atoms with Gasteiger partial charge in [-0.05, 0) is 24.3 Å². The Kier molecular flexibility index (Phi) is 7.63. The maximum Gasteiger partial charge on any atom is 0.573 e. The van der Waals surface area contributed by atoms with Crippen LogP contribution in [0.15, 0.2) is 42.5 Å². The van der Waals surface area contributed by atoms with E-state index in [1.807, 2.05) is 0 Å². The number of anilines is 1. The lowest BCUT2D eigenvalue weighted by Crippen LogP contribution is -2.25. The molecule has 0 aliphatic carbocycles. The number of para-hydroxylation sites is 1. The number of benzene rings is 2. The molecule has 0 bridgehead atoms. The van der Waals surface area contributed by atoms with Crippen LogP contribution in [0.1, 0.15) is 25.6 Å². The van der Waals surface area contributed by atoms with Gasteiger partial charge in [-0.3, -0.25) is 9.59 Å². The Bertz CT molecular complexity index is 1190. The molecular weight excluding hydrogens is 528 g/mol. The Morgan fingerprint density at radius 3 is 2.30 bits per heavy atom. The molecule has 3 aromatic rings. The number of halogens is 6. The smallest absolute Gasteiger partial charge is 0.505 e. The van der Waals surface area contributed by atoms with Gasteiger partial charge in [0.15, 0.2) is 5.75 Å². The first kappa shape index (κ1) is 25.0. The third-order valence-electron chi connectivity index (χ3n) is 4.07. The quantitative estimate of drug-likeness (QED) is 0.334. The number of rotatable bonds is 6. The van der Waals surface area contributed by atoms with Crippen LogP contribution in [0, 0.1) is 0 Å². The van der Waals surface area contributed by atoms with Crippen molar-refractivity contribution in [2.24, 2.45) is 0 Å². The van der Waals surface area contributed by atoms with Crippen molar-refractivity contribution in [3.05, 3.63) is 72.9 Å². The molecule has 0 unspecified atom stereocenters. The Balaban J connectivity index is 1.76. The Hall–Kier alpha value is -2.66. The van der Waals surface area contributed by atoms with E-state index in [1.165, 1.54) is 36.4 Å². The lowest BCUT2D eigenvalue weighted by Gasteiger charge is -2.13. The molecule has 0 fully saturated rings. The molecule has 6 nitrogen and oxygen atoms in total. The predicted molar refractivity (Wildman–Crippen MR) is 120 cm³/mol. The summed E-state index contributed by atoms with van der Waals surface area (Å²) in [7, 11) is 0. The zero-order valence-corrected chi connectivity index (χ0v) is 19.2. The minimum absolute atomic E-state index is 0.00899. The van der Waals surface area contributed by atoms with E-state index in [0.29, 0.717) is 0 Å². The number of nitrogens with one attached hydrogen (secondary N) is 2. The van der Waals surface area contributed by atoms with Gasteiger partial charge in [0.2, 0.25) is 0 Å². The van der Waals surface area contributed by atoms with Crippen molar-refractivity contribution >= 4 is 63.6 Å². The van der Waals surface area contributed by atoms with Crippen LogP contribution in [-0.2, 0) is 6.54 Å². The molecule has 0 saturated carbocycles. The monoisotopic (exact) mass is 538 g/mol. The highest BCUT2D eigenvalue weighted by molar-refractivity contribution is 7.18. The van der Waals surface area contributed by atoms with Crippen LogP contribution in [0.5, 0.6) is 11.5 Å². The third kappa shape index (κ3) is 6.44. The van der Waals surface area contributed by atoms with Crippen LogP contribution in [0.3, 0.4) is 0 Å². The van der Waals surface area contributed by atoms with E-state index in [1.54, 1.807) is 0 Å². The summed E-state index contributed by atoms with van der Waals surface area (Å²) in [5.41, 5.74) is 0.159. The summed E-state index contributed by atoms with van der Waals surface area (Å²) in [6.07, 6.45) is -4.89. The average molecular weight is 540 g/mol.